The lowest BCUT2D eigenvalue weighted by Crippen LogP contribution is -2.45. The van der Waals surface area contributed by atoms with Crippen molar-refractivity contribution in [1.82, 2.24) is 5.32 Å². The van der Waals surface area contributed by atoms with Crippen LogP contribution in [0.25, 0.3) is 0 Å². The molecule has 1 saturated carbocycles. The Kier molecular flexibility index (Phi) is 3.37. The standard InChI is InChI=1S/C13H16FN3O3/c1-13(2,7-3-4-7)16-12(18)8-5-10(15)9(14)6-11(8)17(19)20/h5-7H,3-4,15H2,1-2H3,(H,16,18). The zero-order valence-electron chi connectivity index (χ0n) is 11.3. The second kappa shape index (κ2) is 4.73. The molecule has 0 saturated heterocycles. The van der Waals surface area contributed by atoms with Gasteiger partial charge >= 0.3 is 0 Å². The number of rotatable bonds is 4. The number of amides is 1. The van der Waals surface area contributed by atoms with Crippen molar-refractivity contribution in [3.63, 3.8) is 0 Å². The average molecular weight is 281 g/mol. The SMILES string of the molecule is CC(C)(NC(=O)c1cc(N)c(F)cc1[N+](=O)[O-])C1CC1. The van der Waals surface area contributed by atoms with Gasteiger partial charge in [0.05, 0.1) is 16.7 Å². The third-order valence-corrected chi connectivity index (χ3v) is 3.59. The Morgan fingerprint density at radius 1 is 1.50 bits per heavy atom. The molecule has 0 atom stereocenters. The zero-order chi connectivity index (χ0) is 15.1. The molecule has 0 heterocycles. The molecule has 0 spiro atoms. The van der Waals surface area contributed by atoms with Crippen molar-refractivity contribution in [2.45, 2.75) is 32.2 Å². The average Bonchev–Trinajstić information content (AvgIpc) is 3.15. The van der Waals surface area contributed by atoms with Gasteiger partial charge in [0, 0.05) is 5.54 Å². The molecule has 1 amide bonds. The molecule has 0 radical (unpaired) electrons. The molecule has 20 heavy (non-hydrogen) atoms. The molecule has 1 fully saturated rings. The fourth-order valence-electron chi connectivity index (χ4n) is 2.18. The summed E-state index contributed by atoms with van der Waals surface area (Å²) in [5.74, 6) is -1.15. The van der Waals surface area contributed by atoms with Gasteiger partial charge in [-0.15, -0.1) is 0 Å². The van der Waals surface area contributed by atoms with Crippen molar-refractivity contribution >= 4 is 17.3 Å². The van der Waals surface area contributed by atoms with Gasteiger partial charge in [-0.3, -0.25) is 14.9 Å². The molecule has 0 bridgehead atoms. The van der Waals surface area contributed by atoms with E-state index in [2.05, 4.69) is 5.32 Å². The summed E-state index contributed by atoms with van der Waals surface area (Å²) in [5.41, 5.74) is 3.85. The molecule has 0 aromatic heterocycles. The summed E-state index contributed by atoms with van der Waals surface area (Å²) in [6.07, 6.45) is 2.03. The third kappa shape index (κ3) is 2.71. The number of nitrogens with two attached hydrogens (primary N) is 1. The number of halogens is 1. The molecule has 108 valence electrons. The van der Waals surface area contributed by atoms with Gasteiger partial charge < -0.3 is 11.1 Å². The Balaban J connectivity index is 2.33. The topological polar surface area (TPSA) is 98.3 Å². The van der Waals surface area contributed by atoms with Crippen LogP contribution < -0.4 is 11.1 Å². The Bertz CT molecular complexity index is 582. The number of benzene rings is 1. The van der Waals surface area contributed by atoms with Crippen LogP contribution in [-0.4, -0.2) is 16.4 Å². The van der Waals surface area contributed by atoms with Gasteiger partial charge in [0.15, 0.2) is 5.82 Å². The highest BCUT2D eigenvalue weighted by atomic mass is 19.1. The molecule has 6 nitrogen and oxygen atoms in total. The van der Waals surface area contributed by atoms with Gasteiger partial charge in [0.2, 0.25) is 0 Å². The number of carbonyl (C=O) groups excluding carboxylic acids is 1. The van der Waals surface area contributed by atoms with E-state index < -0.39 is 27.9 Å². The highest BCUT2D eigenvalue weighted by Gasteiger charge is 2.39. The summed E-state index contributed by atoms with van der Waals surface area (Å²) in [6.45, 7) is 3.72. The molecule has 1 aliphatic carbocycles. The van der Waals surface area contributed by atoms with Crippen molar-refractivity contribution in [1.29, 1.82) is 0 Å². The van der Waals surface area contributed by atoms with Crippen LogP contribution in [0.2, 0.25) is 0 Å². The summed E-state index contributed by atoms with van der Waals surface area (Å²) >= 11 is 0. The number of anilines is 1. The minimum Gasteiger partial charge on any atom is -0.396 e. The van der Waals surface area contributed by atoms with Gasteiger partial charge in [-0.2, -0.15) is 0 Å². The Hall–Kier alpha value is -2.18. The lowest BCUT2D eigenvalue weighted by molar-refractivity contribution is -0.385. The van der Waals surface area contributed by atoms with Crippen LogP contribution in [0.15, 0.2) is 12.1 Å². The molecule has 1 aromatic carbocycles. The monoisotopic (exact) mass is 281 g/mol. The number of nitro benzene ring substituents is 1. The maximum Gasteiger partial charge on any atom is 0.285 e. The minimum absolute atomic E-state index is 0.220. The van der Waals surface area contributed by atoms with E-state index in [1.165, 1.54) is 0 Å². The quantitative estimate of drug-likeness (QED) is 0.502. The fourth-order valence-corrected chi connectivity index (χ4v) is 2.18. The second-order valence-corrected chi connectivity index (χ2v) is 5.60. The van der Waals surface area contributed by atoms with E-state index in [1.54, 1.807) is 0 Å². The van der Waals surface area contributed by atoms with E-state index in [9.17, 15) is 19.3 Å². The zero-order valence-corrected chi connectivity index (χ0v) is 11.3. The summed E-state index contributed by atoms with van der Waals surface area (Å²) in [6, 6.07) is 1.68. The predicted molar refractivity (Wildman–Crippen MR) is 71.7 cm³/mol. The van der Waals surface area contributed by atoms with Crippen LogP contribution >= 0.6 is 0 Å². The predicted octanol–water partition coefficient (Wildman–Crippen LogP) is 2.23. The van der Waals surface area contributed by atoms with Crippen LogP contribution in [0.1, 0.15) is 37.0 Å². The summed E-state index contributed by atoms with van der Waals surface area (Å²) in [7, 11) is 0. The van der Waals surface area contributed by atoms with Crippen LogP contribution in [0, 0.1) is 21.8 Å². The highest BCUT2D eigenvalue weighted by molar-refractivity contribution is 5.99. The van der Waals surface area contributed by atoms with Crippen molar-refractivity contribution in [2.75, 3.05) is 5.73 Å². The molecule has 1 aromatic rings. The first kappa shape index (κ1) is 14.2. The van der Waals surface area contributed by atoms with Crippen molar-refractivity contribution in [3.05, 3.63) is 33.6 Å². The number of nitrogens with one attached hydrogen (secondary N) is 1. The Morgan fingerprint density at radius 3 is 2.60 bits per heavy atom. The van der Waals surface area contributed by atoms with Crippen molar-refractivity contribution < 1.29 is 14.1 Å². The summed E-state index contributed by atoms with van der Waals surface area (Å²) in [5, 5.41) is 13.7. The normalized spacial score (nSPS) is 14.9. The number of nitrogens with zero attached hydrogens (tertiary/aromatic N) is 1. The third-order valence-electron chi connectivity index (χ3n) is 3.59. The van der Waals surface area contributed by atoms with E-state index in [0.717, 1.165) is 18.9 Å². The minimum atomic E-state index is -0.908. The lowest BCUT2D eigenvalue weighted by atomic mass is 9.98. The lowest BCUT2D eigenvalue weighted by Gasteiger charge is -2.26. The maximum atomic E-state index is 13.3. The van der Waals surface area contributed by atoms with Crippen LogP contribution in [-0.2, 0) is 0 Å². The first-order valence-electron chi connectivity index (χ1n) is 6.28. The smallest absolute Gasteiger partial charge is 0.285 e. The molecule has 0 unspecified atom stereocenters. The Morgan fingerprint density at radius 2 is 2.10 bits per heavy atom. The number of nitro groups is 1. The molecule has 2 rings (SSSR count). The maximum absolute atomic E-state index is 13.3. The van der Waals surface area contributed by atoms with E-state index >= 15 is 0 Å². The van der Waals surface area contributed by atoms with Gasteiger partial charge in [-0.1, -0.05) is 0 Å². The molecule has 3 N–H and O–H groups in total. The number of nitrogen functional groups attached to an aromatic ring is 1. The highest BCUT2D eigenvalue weighted by Crippen LogP contribution is 2.39. The van der Waals surface area contributed by atoms with Gasteiger partial charge in [0.1, 0.15) is 5.56 Å². The summed E-state index contributed by atoms with van der Waals surface area (Å²) in [4.78, 5) is 22.3. The first-order valence-corrected chi connectivity index (χ1v) is 6.28. The first-order chi connectivity index (χ1) is 9.22. The van der Waals surface area contributed by atoms with E-state index in [1.807, 2.05) is 13.8 Å². The molecule has 7 heteroatoms. The molecule has 1 aliphatic rings. The molecular formula is C13H16FN3O3. The van der Waals surface area contributed by atoms with E-state index in [-0.39, 0.29) is 11.3 Å². The number of hydrogen-bond acceptors (Lipinski definition) is 4. The van der Waals surface area contributed by atoms with Crippen LogP contribution in [0.5, 0.6) is 0 Å². The number of carbonyl (C=O) groups is 1. The fraction of sp³-hybridized carbons (Fsp3) is 0.462. The Labute approximate surface area is 115 Å². The number of hydrogen-bond donors (Lipinski definition) is 2. The van der Waals surface area contributed by atoms with Gasteiger partial charge in [-0.05, 0) is 38.7 Å². The van der Waals surface area contributed by atoms with E-state index in [0.29, 0.717) is 12.0 Å². The van der Waals surface area contributed by atoms with Crippen LogP contribution in [0.3, 0.4) is 0 Å². The van der Waals surface area contributed by atoms with Crippen LogP contribution in [0.4, 0.5) is 15.8 Å². The largest absolute Gasteiger partial charge is 0.396 e. The molecular weight excluding hydrogens is 265 g/mol. The van der Waals surface area contributed by atoms with Crippen molar-refractivity contribution in [2.24, 2.45) is 5.92 Å². The van der Waals surface area contributed by atoms with Gasteiger partial charge in [0.25, 0.3) is 11.6 Å². The molecule has 0 aliphatic heterocycles. The second-order valence-electron chi connectivity index (χ2n) is 5.60. The summed E-state index contributed by atoms with van der Waals surface area (Å²) < 4.78 is 13.3. The van der Waals surface area contributed by atoms with Gasteiger partial charge in [-0.25, -0.2) is 4.39 Å². The van der Waals surface area contributed by atoms with Crippen molar-refractivity contribution in [3.8, 4) is 0 Å². The van der Waals surface area contributed by atoms with E-state index in [4.69, 9.17) is 5.73 Å².